The van der Waals surface area contributed by atoms with Crippen molar-refractivity contribution >= 4 is 0 Å². The van der Waals surface area contributed by atoms with Gasteiger partial charge in [0, 0.05) is 12.1 Å². The van der Waals surface area contributed by atoms with Gasteiger partial charge in [0.05, 0.1) is 12.2 Å². The number of benzene rings is 1. The Morgan fingerprint density at radius 1 is 1.28 bits per heavy atom. The van der Waals surface area contributed by atoms with Gasteiger partial charge in [-0.1, -0.05) is 6.07 Å². The average Bonchev–Trinajstić information content (AvgIpc) is 2.94. The van der Waals surface area contributed by atoms with Crippen LogP contribution in [0.1, 0.15) is 37.8 Å². The quantitative estimate of drug-likeness (QED) is 0.894. The van der Waals surface area contributed by atoms with Crippen LogP contribution in [0.4, 0.5) is 8.78 Å². The van der Waals surface area contributed by atoms with E-state index in [4.69, 9.17) is 4.74 Å². The van der Waals surface area contributed by atoms with Crippen molar-refractivity contribution in [2.24, 2.45) is 0 Å². The predicted molar refractivity (Wildman–Crippen MR) is 64.2 cm³/mol. The third-order valence-electron chi connectivity index (χ3n) is 4.01. The molecule has 1 aromatic carbocycles. The molecule has 0 radical (unpaired) electrons. The van der Waals surface area contributed by atoms with Crippen molar-refractivity contribution in [2.75, 3.05) is 0 Å². The molecule has 4 atom stereocenters. The summed E-state index contributed by atoms with van der Waals surface area (Å²) in [6, 6.07) is 4.42. The van der Waals surface area contributed by atoms with Crippen molar-refractivity contribution in [3.8, 4) is 0 Å². The van der Waals surface area contributed by atoms with Gasteiger partial charge >= 0.3 is 0 Å². The van der Waals surface area contributed by atoms with Crippen LogP contribution in [0.3, 0.4) is 0 Å². The highest BCUT2D eigenvalue weighted by atomic mass is 19.2. The van der Waals surface area contributed by atoms with Gasteiger partial charge in [-0.25, -0.2) is 8.78 Å². The highest BCUT2D eigenvalue weighted by Crippen LogP contribution is 2.35. The first-order valence-corrected chi connectivity index (χ1v) is 6.50. The zero-order valence-electron chi connectivity index (χ0n) is 10.3. The Kier molecular flexibility index (Phi) is 3.08. The number of halogens is 2. The summed E-state index contributed by atoms with van der Waals surface area (Å²) < 4.78 is 31.8. The van der Waals surface area contributed by atoms with Crippen molar-refractivity contribution in [2.45, 2.75) is 50.5 Å². The van der Waals surface area contributed by atoms with Gasteiger partial charge in [0.15, 0.2) is 11.6 Å². The molecule has 1 N–H and O–H groups in total. The Labute approximate surface area is 105 Å². The Balaban J connectivity index is 1.67. The van der Waals surface area contributed by atoms with E-state index in [-0.39, 0.29) is 6.04 Å². The molecule has 2 saturated heterocycles. The molecule has 2 aliphatic heterocycles. The Bertz CT molecular complexity index is 451. The molecule has 1 aromatic rings. The molecule has 0 spiro atoms. The molecule has 2 aliphatic rings. The zero-order valence-corrected chi connectivity index (χ0v) is 10.3. The SMILES string of the molecule is CC(NC1CC2CCC1O2)c1ccc(F)c(F)c1. The fraction of sp³-hybridized carbons (Fsp3) is 0.571. The van der Waals surface area contributed by atoms with Gasteiger partial charge in [-0.05, 0) is 43.9 Å². The molecule has 2 nitrogen and oxygen atoms in total. The van der Waals surface area contributed by atoms with Crippen LogP contribution in [0.5, 0.6) is 0 Å². The number of ether oxygens (including phenoxy) is 1. The van der Waals surface area contributed by atoms with Gasteiger partial charge in [-0.3, -0.25) is 0 Å². The minimum atomic E-state index is -0.797. The lowest BCUT2D eigenvalue weighted by Gasteiger charge is -2.24. The van der Waals surface area contributed by atoms with Crippen molar-refractivity contribution in [3.63, 3.8) is 0 Å². The van der Waals surface area contributed by atoms with Crippen LogP contribution < -0.4 is 5.32 Å². The molecule has 0 aromatic heterocycles. The zero-order chi connectivity index (χ0) is 12.7. The van der Waals surface area contributed by atoms with Crippen LogP contribution >= 0.6 is 0 Å². The lowest BCUT2D eigenvalue weighted by Crippen LogP contribution is -2.39. The van der Waals surface area contributed by atoms with E-state index in [1.807, 2.05) is 6.92 Å². The summed E-state index contributed by atoms with van der Waals surface area (Å²) in [5.41, 5.74) is 0.775. The first-order valence-electron chi connectivity index (χ1n) is 6.50. The maximum absolute atomic E-state index is 13.2. The van der Waals surface area contributed by atoms with Crippen LogP contribution in [0.15, 0.2) is 18.2 Å². The summed E-state index contributed by atoms with van der Waals surface area (Å²) in [5, 5.41) is 3.46. The summed E-state index contributed by atoms with van der Waals surface area (Å²) >= 11 is 0. The highest BCUT2D eigenvalue weighted by Gasteiger charge is 2.41. The Morgan fingerprint density at radius 3 is 2.72 bits per heavy atom. The van der Waals surface area contributed by atoms with Gasteiger partial charge in [0.2, 0.25) is 0 Å². The smallest absolute Gasteiger partial charge is 0.159 e. The third-order valence-corrected chi connectivity index (χ3v) is 4.01. The molecule has 0 aliphatic carbocycles. The first-order chi connectivity index (χ1) is 8.63. The van der Waals surface area contributed by atoms with E-state index < -0.39 is 11.6 Å². The molecule has 2 bridgehead atoms. The molecular weight excluding hydrogens is 236 g/mol. The minimum Gasteiger partial charge on any atom is -0.373 e. The standard InChI is InChI=1S/C14H17F2NO/c1-8(9-2-4-11(15)12(16)6-9)17-13-7-10-3-5-14(13)18-10/h2,4,6,8,10,13-14,17H,3,5,7H2,1H3. The van der Waals surface area contributed by atoms with Gasteiger partial charge < -0.3 is 10.1 Å². The molecule has 2 heterocycles. The molecule has 3 rings (SSSR count). The third kappa shape index (κ3) is 2.15. The monoisotopic (exact) mass is 253 g/mol. The second-order valence-electron chi connectivity index (χ2n) is 5.28. The highest BCUT2D eigenvalue weighted by molar-refractivity contribution is 5.21. The number of hydrogen-bond donors (Lipinski definition) is 1. The van der Waals surface area contributed by atoms with E-state index in [0.717, 1.165) is 24.8 Å². The molecule has 4 heteroatoms. The number of rotatable bonds is 3. The number of hydrogen-bond acceptors (Lipinski definition) is 2. The van der Waals surface area contributed by atoms with E-state index in [9.17, 15) is 8.78 Å². The van der Waals surface area contributed by atoms with E-state index in [1.165, 1.54) is 12.1 Å². The maximum Gasteiger partial charge on any atom is 0.159 e. The molecule has 4 unspecified atom stereocenters. The van der Waals surface area contributed by atoms with E-state index >= 15 is 0 Å². The molecule has 98 valence electrons. The Morgan fingerprint density at radius 2 is 2.11 bits per heavy atom. The second kappa shape index (κ2) is 4.59. The first kappa shape index (κ1) is 12.1. The molecule has 2 fully saturated rings. The normalized spacial score (nSPS) is 31.8. The summed E-state index contributed by atoms with van der Waals surface area (Å²) in [6.45, 7) is 1.97. The van der Waals surface area contributed by atoms with Gasteiger partial charge in [-0.2, -0.15) is 0 Å². The van der Waals surface area contributed by atoms with E-state index in [0.29, 0.717) is 18.2 Å². The van der Waals surface area contributed by atoms with Gasteiger partial charge in [-0.15, -0.1) is 0 Å². The average molecular weight is 253 g/mol. The number of nitrogens with one attached hydrogen (secondary N) is 1. The number of fused-ring (bicyclic) bond motifs is 2. The summed E-state index contributed by atoms with van der Waals surface area (Å²) in [7, 11) is 0. The van der Waals surface area contributed by atoms with Gasteiger partial charge in [0.25, 0.3) is 0 Å². The maximum atomic E-state index is 13.2. The molecule has 0 saturated carbocycles. The van der Waals surface area contributed by atoms with Crippen LogP contribution in [0.25, 0.3) is 0 Å². The predicted octanol–water partition coefficient (Wildman–Crippen LogP) is 2.94. The summed E-state index contributed by atoms with van der Waals surface area (Å²) in [5.74, 6) is -1.58. The van der Waals surface area contributed by atoms with Crippen LogP contribution in [-0.2, 0) is 4.74 Å². The van der Waals surface area contributed by atoms with Crippen LogP contribution in [0, 0.1) is 11.6 Å². The van der Waals surface area contributed by atoms with Crippen LogP contribution in [-0.4, -0.2) is 18.2 Å². The Hall–Kier alpha value is -1.00. The van der Waals surface area contributed by atoms with E-state index in [1.54, 1.807) is 6.07 Å². The summed E-state index contributed by atoms with van der Waals surface area (Å²) in [6.07, 6.45) is 3.97. The summed E-state index contributed by atoms with van der Waals surface area (Å²) in [4.78, 5) is 0. The minimum absolute atomic E-state index is 0.00745. The largest absolute Gasteiger partial charge is 0.373 e. The fourth-order valence-electron chi connectivity index (χ4n) is 3.01. The molecule has 0 amide bonds. The fourth-order valence-corrected chi connectivity index (χ4v) is 3.01. The van der Waals surface area contributed by atoms with Crippen molar-refractivity contribution in [1.82, 2.24) is 5.32 Å². The molecule has 18 heavy (non-hydrogen) atoms. The van der Waals surface area contributed by atoms with Crippen molar-refractivity contribution < 1.29 is 13.5 Å². The van der Waals surface area contributed by atoms with E-state index in [2.05, 4.69) is 5.32 Å². The molecular formula is C14H17F2NO. The second-order valence-corrected chi connectivity index (χ2v) is 5.28. The lowest BCUT2D eigenvalue weighted by atomic mass is 9.94. The van der Waals surface area contributed by atoms with Gasteiger partial charge in [0.1, 0.15) is 0 Å². The van der Waals surface area contributed by atoms with Crippen molar-refractivity contribution in [3.05, 3.63) is 35.4 Å². The van der Waals surface area contributed by atoms with Crippen LogP contribution in [0.2, 0.25) is 0 Å². The van der Waals surface area contributed by atoms with Crippen molar-refractivity contribution in [1.29, 1.82) is 0 Å². The topological polar surface area (TPSA) is 21.3 Å². The lowest BCUT2D eigenvalue weighted by molar-refractivity contribution is 0.0962.